The summed E-state index contributed by atoms with van der Waals surface area (Å²) in [6.45, 7) is 4.14. The summed E-state index contributed by atoms with van der Waals surface area (Å²) in [5, 5.41) is 21.7. The lowest BCUT2D eigenvalue weighted by Crippen LogP contribution is -2.37. The highest BCUT2D eigenvalue weighted by Crippen LogP contribution is 2.46. The summed E-state index contributed by atoms with van der Waals surface area (Å²) < 4.78 is 27.6. The van der Waals surface area contributed by atoms with Crippen molar-refractivity contribution in [3.63, 3.8) is 0 Å². The lowest BCUT2D eigenvalue weighted by atomic mass is 9.81. The minimum atomic E-state index is -3.68. The van der Waals surface area contributed by atoms with Crippen LogP contribution in [0.4, 0.5) is 17.1 Å². The number of carboxylic acids is 1. The molecule has 2 atom stereocenters. The van der Waals surface area contributed by atoms with E-state index in [1.54, 1.807) is 6.07 Å². The van der Waals surface area contributed by atoms with E-state index in [0.29, 0.717) is 22.8 Å². The number of hydrogen-bond acceptors (Lipinski definition) is 7. The molecule has 1 heterocycles. The number of anilines is 3. The van der Waals surface area contributed by atoms with Crippen LogP contribution >= 0.6 is 11.8 Å². The van der Waals surface area contributed by atoms with Crippen molar-refractivity contribution in [3.05, 3.63) is 42.5 Å². The normalized spacial score (nSPS) is 20.3. The Bertz CT molecular complexity index is 1110. The van der Waals surface area contributed by atoms with Crippen LogP contribution in [0.3, 0.4) is 0 Å². The predicted molar refractivity (Wildman–Crippen MR) is 138 cm³/mol. The van der Waals surface area contributed by atoms with Crippen LogP contribution in [0.2, 0.25) is 0 Å². The Morgan fingerprint density at radius 1 is 1.24 bits per heavy atom. The van der Waals surface area contributed by atoms with Crippen molar-refractivity contribution in [2.24, 2.45) is 5.41 Å². The number of carbonyl (C=O) groups is 1. The number of carboxylic acid groups (broad SMARTS) is 1. The van der Waals surface area contributed by atoms with Crippen molar-refractivity contribution >= 4 is 44.6 Å². The molecule has 1 aliphatic rings. The highest BCUT2D eigenvalue weighted by atomic mass is 32.2. The first-order chi connectivity index (χ1) is 16.2. The molecule has 0 aliphatic carbocycles. The summed E-state index contributed by atoms with van der Waals surface area (Å²) in [6.07, 6.45) is 5.33. The fourth-order valence-electron chi connectivity index (χ4n) is 4.54. The SMILES string of the molecule is CCCC[C@@]1(CC)CN(c2ccccc2)c2cc(SC)c(N[C@H](CO)C(=O)O)cc2S(=O)(=O)C1. The third kappa shape index (κ3) is 5.53. The van der Waals surface area contributed by atoms with E-state index < -0.39 is 33.9 Å². The van der Waals surface area contributed by atoms with Crippen LogP contribution in [0.25, 0.3) is 0 Å². The molecular formula is C25H34N2O5S2. The highest BCUT2D eigenvalue weighted by molar-refractivity contribution is 7.98. The summed E-state index contributed by atoms with van der Waals surface area (Å²) in [5.74, 6) is -1.17. The molecule has 0 fully saturated rings. The molecule has 0 bridgehead atoms. The number of para-hydroxylation sites is 1. The van der Waals surface area contributed by atoms with Crippen molar-refractivity contribution in [2.45, 2.75) is 55.4 Å². The molecule has 0 saturated heterocycles. The summed E-state index contributed by atoms with van der Waals surface area (Å²) in [4.78, 5) is 14.5. The predicted octanol–water partition coefficient (Wildman–Crippen LogP) is 4.78. The first kappa shape index (κ1) is 26.4. The lowest BCUT2D eigenvalue weighted by molar-refractivity contribution is -0.138. The van der Waals surface area contributed by atoms with Crippen LogP contribution in [-0.2, 0) is 14.6 Å². The van der Waals surface area contributed by atoms with Crippen LogP contribution in [0.1, 0.15) is 39.5 Å². The number of sulfone groups is 1. The van der Waals surface area contributed by atoms with Crippen LogP contribution in [0.5, 0.6) is 0 Å². The van der Waals surface area contributed by atoms with E-state index in [1.807, 2.05) is 42.7 Å². The third-order valence-corrected chi connectivity index (χ3v) is 9.35. The van der Waals surface area contributed by atoms with Gasteiger partial charge in [-0.05, 0) is 43.4 Å². The lowest BCUT2D eigenvalue weighted by Gasteiger charge is -2.36. The van der Waals surface area contributed by atoms with Crippen LogP contribution in [-0.4, -0.2) is 55.8 Å². The molecule has 1 aliphatic heterocycles. The summed E-state index contributed by atoms with van der Waals surface area (Å²) in [6, 6.07) is 11.9. The van der Waals surface area contributed by atoms with Gasteiger partial charge in [0, 0.05) is 28.2 Å². The quantitative estimate of drug-likeness (QED) is 0.395. The third-order valence-electron chi connectivity index (χ3n) is 6.59. The molecule has 186 valence electrons. The van der Waals surface area contributed by atoms with Gasteiger partial charge in [-0.3, -0.25) is 0 Å². The number of nitrogens with zero attached hydrogens (tertiary/aromatic N) is 1. The fourth-order valence-corrected chi connectivity index (χ4v) is 7.30. The number of aliphatic carboxylic acids is 1. The van der Waals surface area contributed by atoms with Crippen LogP contribution in [0.15, 0.2) is 52.3 Å². The minimum absolute atomic E-state index is 0.0350. The molecule has 0 radical (unpaired) electrons. The number of aliphatic hydroxyl groups is 1. The van der Waals surface area contributed by atoms with E-state index >= 15 is 0 Å². The van der Waals surface area contributed by atoms with E-state index in [2.05, 4.69) is 24.1 Å². The number of benzene rings is 2. The average molecular weight is 507 g/mol. The van der Waals surface area contributed by atoms with Crippen LogP contribution < -0.4 is 10.2 Å². The van der Waals surface area contributed by atoms with Gasteiger partial charge in [-0.15, -0.1) is 11.8 Å². The van der Waals surface area contributed by atoms with Gasteiger partial charge in [0.25, 0.3) is 0 Å². The fraction of sp³-hybridized carbons (Fsp3) is 0.480. The van der Waals surface area contributed by atoms with Gasteiger partial charge in [0.1, 0.15) is 6.04 Å². The molecule has 3 N–H and O–H groups in total. The van der Waals surface area contributed by atoms with Gasteiger partial charge >= 0.3 is 5.97 Å². The summed E-state index contributed by atoms with van der Waals surface area (Å²) in [5.41, 5.74) is 1.50. The van der Waals surface area contributed by atoms with E-state index in [-0.39, 0.29) is 10.6 Å². The Kier molecular flexibility index (Phi) is 8.54. The highest BCUT2D eigenvalue weighted by Gasteiger charge is 2.42. The monoisotopic (exact) mass is 506 g/mol. The van der Waals surface area contributed by atoms with Gasteiger partial charge in [-0.1, -0.05) is 44.9 Å². The van der Waals surface area contributed by atoms with Crippen molar-refractivity contribution in [1.82, 2.24) is 0 Å². The molecule has 0 aromatic heterocycles. The van der Waals surface area contributed by atoms with E-state index in [1.165, 1.54) is 11.8 Å². The molecule has 0 spiro atoms. The van der Waals surface area contributed by atoms with Crippen LogP contribution in [0, 0.1) is 5.41 Å². The maximum atomic E-state index is 13.8. The average Bonchev–Trinajstić information content (AvgIpc) is 2.93. The molecule has 3 rings (SSSR count). The molecule has 2 aromatic carbocycles. The Balaban J connectivity index is 2.24. The van der Waals surface area contributed by atoms with Crippen molar-refractivity contribution in [3.8, 4) is 0 Å². The van der Waals surface area contributed by atoms with Gasteiger partial charge in [0.15, 0.2) is 9.84 Å². The number of thioether (sulfide) groups is 1. The number of aliphatic hydroxyl groups excluding tert-OH is 1. The second kappa shape index (κ2) is 11.0. The maximum Gasteiger partial charge on any atom is 0.328 e. The van der Waals surface area contributed by atoms with Crippen molar-refractivity contribution in [1.29, 1.82) is 0 Å². The van der Waals surface area contributed by atoms with Gasteiger partial charge in [-0.2, -0.15) is 0 Å². The molecular weight excluding hydrogens is 472 g/mol. The Hall–Kier alpha value is -2.23. The molecule has 0 amide bonds. The van der Waals surface area contributed by atoms with Crippen molar-refractivity contribution in [2.75, 3.05) is 35.4 Å². The van der Waals surface area contributed by atoms with Gasteiger partial charge < -0.3 is 20.4 Å². The second-order valence-corrected chi connectivity index (χ2v) is 11.7. The summed E-state index contributed by atoms with van der Waals surface area (Å²) >= 11 is 1.40. The number of hydrogen-bond donors (Lipinski definition) is 3. The molecule has 34 heavy (non-hydrogen) atoms. The number of unbranched alkanes of at least 4 members (excludes halogenated alkanes) is 1. The smallest absolute Gasteiger partial charge is 0.328 e. The van der Waals surface area contributed by atoms with Gasteiger partial charge in [-0.25, -0.2) is 13.2 Å². The first-order valence-electron chi connectivity index (χ1n) is 11.6. The molecule has 9 heteroatoms. The van der Waals surface area contributed by atoms with Crippen molar-refractivity contribution < 1.29 is 23.4 Å². The summed E-state index contributed by atoms with van der Waals surface area (Å²) in [7, 11) is -3.68. The molecule has 0 saturated carbocycles. The minimum Gasteiger partial charge on any atom is -0.480 e. The zero-order chi connectivity index (χ0) is 24.9. The molecule has 7 nitrogen and oxygen atoms in total. The topological polar surface area (TPSA) is 107 Å². The second-order valence-electron chi connectivity index (χ2n) is 8.88. The Labute approximate surface area is 206 Å². The number of nitrogens with one attached hydrogen (secondary N) is 1. The number of fused-ring (bicyclic) bond motifs is 1. The zero-order valence-corrected chi connectivity index (χ0v) is 21.6. The Morgan fingerprint density at radius 3 is 2.50 bits per heavy atom. The first-order valence-corrected chi connectivity index (χ1v) is 14.5. The van der Waals surface area contributed by atoms with E-state index in [9.17, 15) is 23.4 Å². The molecule has 0 unspecified atom stereocenters. The Morgan fingerprint density at radius 2 is 1.94 bits per heavy atom. The largest absolute Gasteiger partial charge is 0.480 e. The van der Waals surface area contributed by atoms with E-state index in [0.717, 1.165) is 31.4 Å². The van der Waals surface area contributed by atoms with Gasteiger partial charge in [0.2, 0.25) is 0 Å². The zero-order valence-electron chi connectivity index (χ0n) is 20.0. The number of rotatable bonds is 10. The van der Waals surface area contributed by atoms with Gasteiger partial charge in [0.05, 0.1) is 22.9 Å². The molecule has 2 aromatic rings. The van der Waals surface area contributed by atoms with E-state index in [4.69, 9.17) is 0 Å². The standard InChI is InChI=1S/C25H34N2O5S2/c1-4-6-12-25(5-2)16-27(18-10-8-7-9-11-18)21-14-22(33-3)19(26-20(15-28)24(29)30)13-23(21)34(31,32)17-25/h7-11,13-14,20,26,28H,4-6,12,15-17H2,1-3H3,(H,29,30)/t20-,25+/m1/s1. The maximum absolute atomic E-state index is 13.8.